The average Bonchev–Trinajstić information content (AvgIpc) is 2.66. The van der Waals surface area contributed by atoms with E-state index in [1.54, 1.807) is 30.4 Å². The molecule has 2 rings (SSSR count). The van der Waals surface area contributed by atoms with E-state index < -0.39 is 5.41 Å². The largest absolute Gasteiger partial charge is 0.507 e. The van der Waals surface area contributed by atoms with Gasteiger partial charge in [-0.3, -0.25) is 4.79 Å². The summed E-state index contributed by atoms with van der Waals surface area (Å²) in [5, 5.41) is 13.5. The van der Waals surface area contributed by atoms with Crippen molar-refractivity contribution < 1.29 is 14.6 Å². The lowest BCUT2D eigenvalue weighted by Crippen LogP contribution is -2.14. The van der Waals surface area contributed by atoms with Crippen LogP contribution in [0.3, 0.4) is 0 Å². The first-order valence-electron chi connectivity index (χ1n) is 9.36. The Bertz CT molecular complexity index is 877. The first-order valence-corrected chi connectivity index (χ1v) is 9.36. The Kier molecular flexibility index (Phi) is 6.68. The first kappa shape index (κ1) is 21.3. The maximum Gasteiger partial charge on any atom is 0.185 e. The number of carbonyl (C=O) groups is 1. The molecule has 0 saturated heterocycles. The molecule has 0 aliphatic rings. The maximum atomic E-state index is 12.5. The maximum absolute atomic E-state index is 12.5. The van der Waals surface area contributed by atoms with Crippen molar-refractivity contribution in [2.24, 2.45) is 0 Å². The van der Waals surface area contributed by atoms with Crippen LogP contribution >= 0.6 is 0 Å². The van der Waals surface area contributed by atoms with E-state index in [2.05, 4.69) is 11.9 Å². The van der Waals surface area contributed by atoms with E-state index in [0.29, 0.717) is 11.3 Å². The number of nitrogens with one attached hydrogen (secondary N) is 1. The van der Waals surface area contributed by atoms with Gasteiger partial charge in [0.15, 0.2) is 5.78 Å². The lowest BCUT2D eigenvalue weighted by atomic mass is 9.83. The molecule has 0 unspecified atom stereocenters. The van der Waals surface area contributed by atoms with E-state index in [1.165, 1.54) is 6.08 Å². The van der Waals surface area contributed by atoms with Crippen LogP contribution in [0.4, 0.5) is 5.69 Å². The van der Waals surface area contributed by atoms with Gasteiger partial charge in [-0.1, -0.05) is 19.9 Å². The van der Waals surface area contributed by atoms with E-state index in [1.807, 2.05) is 52.9 Å². The van der Waals surface area contributed by atoms with Gasteiger partial charge in [0.1, 0.15) is 11.5 Å². The Morgan fingerprint density at radius 2 is 1.86 bits per heavy atom. The molecule has 0 spiro atoms. The molecule has 28 heavy (non-hydrogen) atoms. The second-order valence-corrected chi connectivity index (χ2v) is 7.52. The zero-order valence-electron chi connectivity index (χ0n) is 17.2. The van der Waals surface area contributed by atoms with Gasteiger partial charge >= 0.3 is 0 Å². The summed E-state index contributed by atoms with van der Waals surface area (Å²) in [6, 6.07) is 10.7. The van der Waals surface area contributed by atoms with Gasteiger partial charge in [-0.25, -0.2) is 0 Å². The van der Waals surface area contributed by atoms with Gasteiger partial charge in [0.05, 0.1) is 6.10 Å². The van der Waals surface area contributed by atoms with Crippen LogP contribution in [-0.4, -0.2) is 24.0 Å². The molecular weight excluding hydrogens is 350 g/mol. The highest BCUT2D eigenvalue weighted by molar-refractivity contribution is 6.07. The predicted octanol–water partition coefficient (Wildman–Crippen LogP) is 5.58. The van der Waals surface area contributed by atoms with Crippen LogP contribution in [0.15, 0.2) is 55.1 Å². The van der Waals surface area contributed by atoms with Crippen LogP contribution in [-0.2, 0) is 5.41 Å². The molecule has 0 aromatic heterocycles. The minimum atomic E-state index is -0.421. The third-order valence-corrected chi connectivity index (χ3v) is 4.57. The monoisotopic (exact) mass is 379 g/mol. The Morgan fingerprint density at radius 3 is 2.39 bits per heavy atom. The Balaban J connectivity index is 2.42. The standard InChI is InChI=1S/C24H29NO3/c1-7-24(4,5)20-14-18(23(15-22(20)27)28-16(2)3)10-13-21(26)17-8-11-19(25-6)12-9-17/h7-16,25,27H,1H2,2-6H3/b13-10+. The highest BCUT2D eigenvalue weighted by Gasteiger charge is 2.22. The Labute approximate surface area is 167 Å². The zero-order valence-corrected chi connectivity index (χ0v) is 17.2. The second-order valence-electron chi connectivity index (χ2n) is 7.52. The number of hydrogen-bond donors (Lipinski definition) is 2. The number of benzene rings is 2. The van der Waals surface area contributed by atoms with Crippen molar-refractivity contribution in [3.63, 3.8) is 0 Å². The molecule has 2 aromatic rings. The van der Waals surface area contributed by atoms with Crippen LogP contribution in [0.5, 0.6) is 11.5 Å². The molecule has 0 fully saturated rings. The quantitative estimate of drug-likeness (QED) is 0.357. The molecule has 0 radical (unpaired) electrons. The average molecular weight is 380 g/mol. The summed E-state index contributed by atoms with van der Waals surface area (Å²) in [5.74, 6) is 0.577. The number of phenols is 1. The van der Waals surface area contributed by atoms with Gasteiger partial charge in [0, 0.05) is 40.9 Å². The molecular formula is C24H29NO3. The Morgan fingerprint density at radius 1 is 1.21 bits per heavy atom. The topological polar surface area (TPSA) is 58.6 Å². The van der Waals surface area contributed by atoms with E-state index in [4.69, 9.17) is 4.74 Å². The molecule has 148 valence electrons. The summed E-state index contributed by atoms with van der Waals surface area (Å²) in [6.45, 7) is 11.6. The summed E-state index contributed by atoms with van der Waals surface area (Å²) in [4.78, 5) is 12.5. The summed E-state index contributed by atoms with van der Waals surface area (Å²) in [6.07, 6.45) is 4.98. The highest BCUT2D eigenvalue weighted by atomic mass is 16.5. The molecule has 0 heterocycles. The van der Waals surface area contributed by atoms with E-state index in [0.717, 1.165) is 16.8 Å². The van der Waals surface area contributed by atoms with Gasteiger partial charge in [0.2, 0.25) is 0 Å². The molecule has 0 amide bonds. The molecule has 0 saturated carbocycles. The van der Waals surface area contributed by atoms with Crippen LogP contribution in [0.25, 0.3) is 6.08 Å². The van der Waals surface area contributed by atoms with Crippen LogP contribution in [0.2, 0.25) is 0 Å². The summed E-state index contributed by atoms with van der Waals surface area (Å²) < 4.78 is 5.84. The minimum Gasteiger partial charge on any atom is -0.507 e. The fourth-order valence-electron chi connectivity index (χ4n) is 2.76. The third kappa shape index (κ3) is 5.03. The lowest BCUT2D eigenvalue weighted by molar-refractivity contribution is 0.104. The minimum absolute atomic E-state index is 0.0606. The third-order valence-electron chi connectivity index (χ3n) is 4.57. The Hall–Kier alpha value is -3.01. The van der Waals surface area contributed by atoms with Crippen molar-refractivity contribution in [2.75, 3.05) is 12.4 Å². The zero-order chi connectivity index (χ0) is 20.9. The van der Waals surface area contributed by atoms with Gasteiger partial charge in [-0.05, 0) is 56.3 Å². The summed E-state index contributed by atoms with van der Waals surface area (Å²) in [7, 11) is 1.83. The number of carbonyl (C=O) groups excluding carboxylic acids is 1. The van der Waals surface area contributed by atoms with E-state index in [9.17, 15) is 9.90 Å². The smallest absolute Gasteiger partial charge is 0.185 e. The van der Waals surface area contributed by atoms with Crippen molar-refractivity contribution in [3.05, 3.63) is 71.8 Å². The van der Waals surface area contributed by atoms with Gasteiger partial charge in [-0.15, -0.1) is 6.58 Å². The second kappa shape index (κ2) is 8.79. The van der Waals surface area contributed by atoms with Crippen LogP contribution in [0.1, 0.15) is 49.2 Å². The SMILES string of the molecule is C=CC(C)(C)c1cc(/C=C/C(=O)c2ccc(NC)cc2)c(OC(C)C)cc1O. The number of rotatable bonds is 8. The van der Waals surface area contributed by atoms with E-state index >= 15 is 0 Å². The fraction of sp³-hybridized carbons (Fsp3) is 0.292. The number of hydrogen-bond acceptors (Lipinski definition) is 4. The number of allylic oxidation sites excluding steroid dienone is 2. The molecule has 0 aliphatic carbocycles. The number of ether oxygens (including phenoxy) is 1. The molecule has 2 aromatic carbocycles. The summed E-state index contributed by atoms with van der Waals surface area (Å²) in [5.41, 5.74) is 2.59. The number of phenolic OH excluding ortho intramolecular Hbond substituents is 1. The van der Waals surface area contributed by atoms with E-state index in [-0.39, 0.29) is 17.6 Å². The first-order chi connectivity index (χ1) is 13.2. The van der Waals surface area contributed by atoms with Gasteiger partial charge in [0.25, 0.3) is 0 Å². The van der Waals surface area contributed by atoms with Crippen LogP contribution < -0.4 is 10.1 Å². The molecule has 4 nitrogen and oxygen atoms in total. The van der Waals surface area contributed by atoms with Gasteiger partial charge < -0.3 is 15.2 Å². The molecule has 0 bridgehead atoms. The fourth-order valence-corrected chi connectivity index (χ4v) is 2.76. The summed E-state index contributed by atoms with van der Waals surface area (Å²) >= 11 is 0. The lowest BCUT2D eigenvalue weighted by Gasteiger charge is -2.24. The number of ketones is 1. The van der Waals surface area contributed by atoms with Gasteiger partial charge in [-0.2, -0.15) is 0 Å². The van der Waals surface area contributed by atoms with Crippen LogP contribution in [0, 0.1) is 0 Å². The molecule has 4 heteroatoms. The van der Waals surface area contributed by atoms with Crippen molar-refractivity contribution in [3.8, 4) is 11.5 Å². The van der Waals surface area contributed by atoms with Crippen molar-refractivity contribution in [2.45, 2.75) is 39.2 Å². The molecule has 0 atom stereocenters. The van der Waals surface area contributed by atoms with Crippen molar-refractivity contribution >= 4 is 17.5 Å². The number of aromatic hydroxyl groups is 1. The van der Waals surface area contributed by atoms with Crippen molar-refractivity contribution in [1.82, 2.24) is 0 Å². The normalized spacial score (nSPS) is 11.6. The highest BCUT2D eigenvalue weighted by Crippen LogP contribution is 2.37. The molecule has 2 N–H and O–H groups in total. The molecule has 0 aliphatic heterocycles. The predicted molar refractivity (Wildman–Crippen MR) is 116 cm³/mol. The van der Waals surface area contributed by atoms with Crippen molar-refractivity contribution in [1.29, 1.82) is 0 Å². The number of anilines is 1.